The minimum atomic E-state index is -3.70. The van der Waals surface area contributed by atoms with Gasteiger partial charge in [-0.2, -0.15) is 4.39 Å². The molecular formula is C27H34FNO5S. The highest BCUT2D eigenvalue weighted by Crippen LogP contribution is 2.45. The van der Waals surface area contributed by atoms with E-state index in [1.807, 2.05) is 30.3 Å². The smallest absolute Gasteiger partial charge is 0.370 e. The van der Waals surface area contributed by atoms with E-state index in [-0.39, 0.29) is 16.4 Å². The maximum Gasteiger partial charge on any atom is 0.370 e. The van der Waals surface area contributed by atoms with Crippen LogP contribution < -0.4 is 9.64 Å². The molecule has 0 N–H and O–H groups in total. The molecule has 0 aromatic heterocycles. The minimum absolute atomic E-state index is 0.0339. The number of carbonyl (C=O) groups is 1. The molecule has 0 saturated heterocycles. The number of unbranched alkanes of at least 4 members (excludes halogenated alkanes) is 2. The van der Waals surface area contributed by atoms with E-state index in [1.165, 1.54) is 6.07 Å². The first-order chi connectivity index (χ1) is 16.7. The first kappa shape index (κ1) is 26.7. The van der Waals surface area contributed by atoms with Gasteiger partial charge in [0.1, 0.15) is 12.0 Å². The molecule has 6 nitrogen and oxygen atoms in total. The summed E-state index contributed by atoms with van der Waals surface area (Å²) in [5, 5.41) is 0. The summed E-state index contributed by atoms with van der Waals surface area (Å²) >= 11 is 0. The van der Waals surface area contributed by atoms with Crippen LogP contribution >= 0.6 is 0 Å². The Balaban J connectivity index is 2.12. The Morgan fingerprint density at radius 3 is 2.34 bits per heavy atom. The summed E-state index contributed by atoms with van der Waals surface area (Å²) in [5.74, 6) is -2.23. The lowest BCUT2D eigenvalue weighted by Gasteiger charge is -2.37. The Hall–Kier alpha value is -2.87. The first-order valence-electron chi connectivity index (χ1n) is 12.1. The molecule has 0 spiro atoms. The summed E-state index contributed by atoms with van der Waals surface area (Å²) in [5.41, 5.74) is 1.07. The molecule has 0 amide bonds. The SMILES string of the molecule is CCCCC1(CCCC)CN(c2ccccc2)c2ccc(O/C=C(\F)C(=O)OC)cc2S(=O)(=O)C1. The van der Waals surface area contributed by atoms with Gasteiger partial charge in [-0.05, 0) is 37.1 Å². The van der Waals surface area contributed by atoms with Crippen LogP contribution in [-0.4, -0.2) is 33.8 Å². The van der Waals surface area contributed by atoms with Crippen LogP contribution in [0.25, 0.3) is 0 Å². The normalized spacial score (nSPS) is 16.8. The third-order valence-corrected chi connectivity index (χ3v) is 8.40. The summed E-state index contributed by atoms with van der Waals surface area (Å²) in [7, 11) is -2.64. The van der Waals surface area contributed by atoms with Gasteiger partial charge in [-0.3, -0.25) is 0 Å². The van der Waals surface area contributed by atoms with Gasteiger partial charge in [0.05, 0.1) is 23.4 Å². The van der Waals surface area contributed by atoms with Gasteiger partial charge in [0, 0.05) is 23.7 Å². The van der Waals surface area contributed by atoms with Gasteiger partial charge in [-0.15, -0.1) is 0 Å². The van der Waals surface area contributed by atoms with E-state index in [4.69, 9.17) is 4.74 Å². The Morgan fingerprint density at radius 1 is 1.09 bits per heavy atom. The molecule has 1 heterocycles. The van der Waals surface area contributed by atoms with Crippen molar-refractivity contribution in [3.8, 4) is 5.75 Å². The van der Waals surface area contributed by atoms with Crippen molar-refractivity contribution in [3.05, 3.63) is 60.6 Å². The maximum atomic E-state index is 13.8. The third kappa shape index (κ3) is 6.42. The number of hydrogen-bond acceptors (Lipinski definition) is 6. The minimum Gasteiger partial charge on any atom is -0.464 e. The van der Waals surface area contributed by atoms with Gasteiger partial charge in [0.15, 0.2) is 9.84 Å². The van der Waals surface area contributed by atoms with Crippen molar-refractivity contribution in [3.63, 3.8) is 0 Å². The number of ether oxygens (including phenoxy) is 2. The molecule has 0 fully saturated rings. The van der Waals surface area contributed by atoms with Gasteiger partial charge in [0.25, 0.3) is 0 Å². The van der Waals surface area contributed by atoms with Crippen LogP contribution in [0.2, 0.25) is 0 Å². The highest BCUT2D eigenvalue weighted by molar-refractivity contribution is 7.91. The highest BCUT2D eigenvalue weighted by atomic mass is 32.2. The molecule has 0 radical (unpaired) electrons. The van der Waals surface area contributed by atoms with Crippen molar-refractivity contribution < 1.29 is 27.1 Å². The monoisotopic (exact) mass is 503 g/mol. The van der Waals surface area contributed by atoms with Gasteiger partial charge >= 0.3 is 5.97 Å². The van der Waals surface area contributed by atoms with Gasteiger partial charge in [-0.25, -0.2) is 13.2 Å². The van der Waals surface area contributed by atoms with Crippen LogP contribution in [0, 0.1) is 5.41 Å². The van der Waals surface area contributed by atoms with Crippen LogP contribution in [0.15, 0.2) is 65.5 Å². The largest absolute Gasteiger partial charge is 0.464 e. The van der Waals surface area contributed by atoms with E-state index < -0.39 is 27.0 Å². The molecule has 2 aromatic rings. The Bertz CT molecular complexity index is 1140. The zero-order valence-electron chi connectivity index (χ0n) is 20.6. The number of halogens is 1. The number of para-hydroxylation sites is 1. The summed E-state index contributed by atoms with van der Waals surface area (Å²) in [4.78, 5) is 13.5. The first-order valence-corrected chi connectivity index (χ1v) is 13.7. The number of esters is 1. The number of anilines is 2. The number of sulfone groups is 1. The molecule has 1 aliphatic heterocycles. The summed E-state index contributed by atoms with van der Waals surface area (Å²) in [6, 6.07) is 14.4. The summed E-state index contributed by atoms with van der Waals surface area (Å²) < 4.78 is 51.0. The molecule has 0 saturated carbocycles. The summed E-state index contributed by atoms with van der Waals surface area (Å²) in [6.45, 7) is 4.82. The second-order valence-electron chi connectivity index (χ2n) is 9.09. The van der Waals surface area contributed by atoms with Crippen molar-refractivity contribution >= 4 is 27.2 Å². The number of hydrogen-bond donors (Lipinski definition) is 0. The molecule has 35 heavy (non-hydrogen) atoms. The molecule has 1 aliphatic rings. The fraction of sp³-hybridized carbons (Fsp3) is 0.444. The van der Waals surface area contributed by atoms with Crippen molar-refractivity contribution in [1.82, 2.24) is 0 Å². The number of benzene rings is 2. The molecule has 0 unspecified atom stereocenters. The number of fused-ring (bicyclic) bond motifs is 1. The lowest BCUT2D eigenvalue weighted by Crippen LogP contribution is -2.38. The highest BCUT2D eigenvalue weighted by Gasteiger charge is 2.42. The third-order valence-electron chi connectivity index (χ3n) is 6.41. The fourth-order valence-electron chi connectivity index (χ4n) is 4.62. The van der Waals surface area contributed by atoms with E-state index in [2.05, 4.69) is 23.5 Å². The second kappa shape index (κ2) is 11.7. The topological polar surface area (TPSA) is 72.9 Å². The van der Waals surface area contributed by atoms with Crippen molar-refractivity contribution in [2.45, 2.75) is 57.3 Å². The standard InChI is InChI=1S/C27H34FNO5S/c1-4-6-15-27(16-7-5-2)19-29(21-11-9-8-10-12-21)24-14-13-22(17-25(24)35(31,32)20-27)34-18-23(28)26(30)33-3/h8-14,17-18H,4-7,15-16,19-20H2,1-3H3/b23-18-. The van der Waals surface area contributed by atoms with Crippen LogP contribution in [0.5, 0.6) is 5.75 Å². The summed E-state index contributed by atoms with van der Waals surface area (Å²) in [6.07, 6.45) is 6.13. The lowest BCUT2D eigenvalue weighted by atomic mass is 9.79. The molecule has 8 heteroatoms. The second-order valence-corrected chi connectivity index (χ2v) is 11.1. The molecule has 190 valence electrons. The van der Waals surface area contributed by atoms with E-state index in [0.717, 1.165) is 51.3 Å². The van der Waals surface area contributed by atoms with Gasteiger partial charge in [0.2, 0.25) is 5.83 Å². The number of nitrogens with zero attached hydrogens (tertiary/aromatic N) is 1. The zero-order chi connectivity index (χ0) is 25.5. The molecule has 3 rings (SSSR count). The predicted octanol–water partition coefficient (Wildman–Crippen LogP) is 6.34. The van der Waals surface area contributed by atoms with Crippen molar-refractivity contribution in [2.24, 2.45) is 5.41 Å². The van der Waals surface area contributed by atoms with Crippen molar-refractivity contribution in [2.75, 3.05) is 24.3 Å². The number of methoxy groups -OCH3 is 1. The van der Waals surface area contributed by atoms with Gasteiger partial charge in [-0.1, -0.05) is 57.7 Å². The number of rotatable bonds is 10. The predicted molar refractivity (Wildman–Crippen MR) is 135 cm³/mol. The Labute approximate surface area is 207 Å². The van der Waals surface area contributed by atoms with Crippen LogP contribution in [0.1, 0.15) is 52.4 Å². The average Bonchev–Trinajstić information content (AvgIpc) is 2.97. The molecule has 2 aromatic carbocycles. The number of carbonyl (C=O) groups excluding carboxylic acids is 1. The van der Waals surface area contributed by atoms with E-state index >= 15 is 0 Å². The maximum absolute atomic E-state index is 13.8. The quantitative estimate of drug-likeness (QED) is 0.214. The van der Waals surface area contributed by atoms with E-state index in [9.17, 15) is 17.6 Å². The van der Waals surface area contributed by atoms with Crippen LogP contribution in [-0.2, 0) is 19.4 Å². The lowest BCUT2D eigenvalue weighted by molar-refractivity contribution is -0.137. The van der Waals surface area contributed by atoms with Gasteiger partial charge < -0.3 is 14.4 Å². The average molecular weight is 504 g/mol. The Morgan fingerprint density at radius 2 is 1.74 bits per heavy atom. The van der Waals surface area contributed by atoms with Crippen LogP contribution in [0.4, 0.5) is 15.8 Å². The Kier molecular flexibility index (Phi) is 8.94. The fourth-order valence-corrected chi connectivity index (χ4v) is 6.76. The van der Waals surface area contributed by atoms with Crippen molar-refractivity contribution in [1.29, 1.82) is 0 Å². The van der Waals surface area contributed by atoms with E-state index in [0.29, 0.717) is 18.5 Å². The molecule has 0 atom stereocenters. The van der Waals surface area contributed by atoms with E-state index in [1.54, 1.807) is 12.1 Å². The zero-order valence-corrected chi connectivity index (χ0v) is 21.4. The molecule has 0 aliphatic carbocycles. The van der Waals surface area contributed by atoms with Crippen LogP contribution in [0.3, 0.4) is 0 Å². The molecular weight excluding hydrogens is 469 g/mol. The molecule has 0 bridgehead atoms.